The molecule has 4 nitrogen and oxygen atoms in total. The van der Waals surface area contributed by atoms with E-state index in [-0.39, 0.29) is 0 Å². The lowest BCUT2D eigenvalue weighted by Crippen LogP contribution is -2.42. The van der Waals surface area contributed by atoms with Gasteiger partial charge in [-0.25, -0.2) is 0 Å². The van der Waals surface area contributed by atoms with Gasteiger partial charge in [-0.2, -0.15) is 0 Å². The van der Waals surface area contributed by atoms with E-state index in [1.807, 2.05) is 48.5 Å². The van der Waals surface area contributed by atoms with Crippen LogP contribution in [0.25, 0.3) is 11.1 Å². The predicted octanol–water partition coefficient (Wildman–Crippen LogP) is 4.61. The zero-order valence-corrected chi connectivity index (χ0v) is 15.5. The minimum atomic E-state index is -4.48. The van der Waals surface area contributed by atoms with Gasteiger partial charge in [0.05, 0.1) is 0 Å². The fourth-order valence-corrected chi connectivity index (χ4v) is 5.15. The summed E-state index contributed by atoms with van der Waals surface area (Å²) in [6.45, 7) is 2.75. The van der Waals surface area contributed by atoms with Gasteiger partial charge in [-0.05, 0) is 35.2 Å². The molecular formula is C20H26NO3P. The smallest absolute Gasteiger partial charge is 0.323 e. The molecule has 0 heterocycles. The Labute approximate surface area is 149 Å². The summed E-state index contributed by atoms with van der Waals surface area (Å²) in [6, 6.07) is 15.1. The summed E-state index contributed by atoms with van der Waals surface area (Å²) in [7, 11) is -4.48. The van der Waals surface area contributed by atoms with Gasteiger partial charge < -0.3 is 9.79 Å². The van der Waals surface area contributed by atoms with Gasteiger partial charge in [0.15, 0.2) is 5.28 Å². The molecule has 0 saturated heterocycles. The lowest BCUT2D eigenvalue weighted by Gasteiger charge is -2.33. The van der Waals surface area contributed by atoms with Gasteiger partial charge in [0.25, 0.3) is 0 Å². The van der Waals surface area contributed by atoms with Crippen LogP contribution in [0.1, 0.15) is 50.2 Å². The van der Waals surface area contributed by atoms with E-state index in [9.17, 15) is 14.4 Å². The maximum atomic E-state index is 12.7. The molecule has 0 bridgehead atoms. The molecule has 0 unspecified atom stereocenters. The molecule has 0 spiro atoms. The van der Waals surface area contributed by atoms with Crippen LogP contribution in [-0.4, -0.2) is 16.3 Å². The Morgan fingerprint density at radius 2 is 1.40 bits per heavy atom. The van der Waals surface area contributed by atoms with Gasteiger partial charge in [0, 0.05) is 0 Å². The van der Waals surface area contributed by atoms with E-state index in [2.05, 4.69) is 12.2 Å². The van der Waals surface area contributed by atoms with Crippen LogP contribution in [0, 0.1) is 0 Å². The second kappa shape index (κ2) is 7.43. The Kier molecular flexibility index (Phi) is 5.45. The van der Waals surface area contributed by atoms with Crippen molar-refractivity contribution in [2.45, 2.75) is 44.3 Å². The molecule has 3 rings (SSSR count). The van der Waals surface area contributed by atoms with Crippen molar-refractivity contribution in [2.24, 2.45) is 0 Å². The molecular weight excluding hydrogens is 333 g/mol. The molecule has 1 aliphatic rings. The Hall–Kier alpha value is -1.45. The van der Waals surface area contributed by atoms with Gasteiger partial charge in [-0.1, -0.05) is 81.1 Å². The molecule has 0 fully saturated rings. The zero-order valence-electron chi connectivity index (χ0n) is 14.6. The topological polar surface area (TPSA) is 69.6 Å². The van der Waals surface area contributed by atoms with Crippen molar-refractivity contribution in [2.75, 3.05) is 6.54 Å². The third-order valence-electron chi connectivity index (χ3n) is 5.02. The number of fused-ring (bicyclic) bond motifs is 3. The number of hydrogen-bond acceptors (Lipinski definition) is 2. The number of rotatable bonds is 8. The molecule has 0 amide bonds. The first-order valence-electron chi connectivity index (χ1n) is 9.02. The molecule has 25 heavy (non-hydrogen) atoms. The Bertz CT molecular complexity index is 739. The van der Waals surface area contributed by atoms with Crippen LogP contribution < -0.4 is 5.32 Å². The Balaban J connectivity index is 1.97. The lowest BCUT2D eigenvalue weighted by atomic mass is 10.0. The fraction of sp³-hybridized carbons (Fsp3) is 0.400. The van der Waals surface area contributed by atoms with Crippen LogP contribution >= 0.6 is 7.60 Å². The van der Waals surface area contributed by atoms with E-state index < -0.39 is 12.9 Å². The maximum absolute atomic E-state index is 12.7. The highest BCUT2D eigenvalue weighted by atomic mass is 31.2. The van der Waals surface area contributed by atoms with Crippen molar-refractivity contribution < 1.29 is 14.4 Å². The van der Waals surface area contributed by atoms with Crippen molar-refractivity contribution in [1.29, 1.82) is 0 Å². The van der Waals surface area contributed by atoms with Crippen molar-refractivity contribution in [3.63, 3.8) is 0 Å². The van der Waals surface area contributed by atoms with Gasteiger partial charge in [0.2, 0.25) is 0 Å². The number of hydrogen-bond donors (Lipinski definition) is 3. The van der Waals surface area contributed by atoms with Crippen LogP contribution in [0.3, 0.4) is 0 Å². The van der Waals surface area contributed by atoms with Crippen molar-refractivity contribution in [1.82, 2.24) is 5.32 Å². The third-order valence-corrected chi connectivity index (χ3v) is 6.54. The molecule has 2 aromatic carbocycles. The van der Waals surface area contributed by atoms with Crippen LogP contribution in [0.2, 0.25) is 0 Å². The summed E-state index contributed by atoms with van der Waals surface area (Å²) in [4.78, 5) is 20.7. The van der Waals surface area contributed by atoms with Crippen LogP contribution in [-0.2, 0) is 9.85 Å². The largest absolute Gasteiger partial charge is 0.354 e. The Morgan fingerprint density at radius 3 is 1.92 bits per heavy atom. The molecule has 0 atom stereocenters. The van der Waals surface area contributed by atoms with Crippen molar-refractivity contribution in [3.8, 4) is 11.1 Å². The maximum Gasteiger partial charge on any atom is 0.354 e. The fourth-order valence-electron chi connectivity index (χ4n) is 3.82. The SMILES string of the molecule is CCCCCCCNC1(P(=O)(O)O)c2ccccc2-c2ccccc21. The molecule has 0 aromatic heterocycles. The molecule has 1 aliphatic carbocycles. The van der Waals surface area contributed by atoms with Crippen LogP contribution in [0.5, 0.6) is 0 Å². The first-order valence-corrected chi connectivity index (χ1v) is 10.6. The lowest BCUT2D eigenvalue weighted by molar-refractivity contribution is 0.319. The first kappa shape index (κ1) is 18.3. The molecule has 134 valence electrons. The van der Waals surface area contributed by atoms with Gasteiger partial charge in [-0.15, -0.1) is 0 Å². The molecule has 0 saturated carbocycles. The van der Waals surface area contributed by atoms with E-state index in [4.69, 9.17) is 0 Å². The quantitative estimate of drug-likeness (QED) is 0.476. The van der Waals surface area contributed by atoms with Crippen molar-refractivity contribution >= 4 is 7.60 Å². The van der Waals surface area contributed by atoms with Crippen molar-refractivity contribution in [3.05, 3.63) is 59.7 Å². The minimum Gasteiger partial charge on any atom is -0.323 e. The van der Waals surface area contributed by atoms with E-state index in [1.54, 1.807) is 0 Å². The average molecular weight is 359 g/mol. The van der Waals surface area contributed by atoms with E-state index >= 15 is 0 Å². The highest BCUT2D eigenvalue weighted by Gasteiger charge is 2.55. The highest BCUT2D eigenvalue weighted by Crippen LogP contribution is 2.65. The Morgan fingerprint density at radius 1 is 0.880 bits per heavy atom. The summed E-state index contributed by atoms with van der Waals surface area (Å²) in [5, 5.41) is 1.82. The monoisotopic (exact) mass is 359 g/mol. The summed E-state index contributed by atoms with van der Waals surface area (Å²) >= 11 is 0. The second-order valence-corrected chi connectivity index (χ2v) is 8.45. The molecule has 5 heteroatoms. The minimum absolute atomic E-state index is 0.581. The third kappa shape index (κ3) is 3.20. The predicted molar refractivity (Wildman–Crippen MR) is 101 cm³/mol. The van der Waals surface area contributed by atoms with Crippen LogP contribution in [0.15, 0.2) is 48.5 Å². The van der Waals surface area contributed by atoms with Gasteiger partial charge in [-0.3, -0.25) is 9.88 Å². The van der Waals surface area contributed by atoms with E-state index in [0.29, 0.717) is 17.7 Å². The number of benzene rings is 2. The summed E-state index contributed by atoms with van der Waals surface area (Å²) in [5.41, 5.74) is 3.16. The second-order valence-electron chi connectivity index (χ2n) is 6.69. The standard InChI is InChI=1S/C20H26NO3P/c1-2-3-4-5-10-15-21-20(25(22,23)24)18-13-8-6-11-16(18)17-12-7-9-14-19(17)20/h6-9,11-14,21H,2-5,10,15H2,1H3,(H2,22,23,24). The first-order chi connectivity index (χ1) is 12.0. The van der Waals surface area contributed by atoms with Gasteiger partial charge in [0.1, 0.15) is 0 Å². The zero-order chi connectivity index (χ0) is 17.9. The summed E-state index contributed by atoms with van der Waals surface area (Å²) < 4.78 is 12.7. The summed E-state index contributed by atoms with van der Waals surface area (Å²) in [5.74, 6) is 0. The highest BCUT2D eigenvalue weighted by molar-refractivity contribution is 7.53. The van der Waals surface area contributed by atoms with Crippen LogP contribution in [0.4, 0.5) is 0 Å². The molecule has 2 aromatic rings. The normalized spacial score (nSPS) is 15.0. The van der Waals surface area contributed by atoms with Gasteiger partial charge >= 0.3 is 7.60 Å². The molecule has 3 N–H and O–H groups in total. The number of nitrogens with one attached hydrogen (secondary N) is 1. The van der Waals surface area contributed by atoms with E-state index in [0.717, 1.165) is 30.4 Å². The molecule has 0 radical (unpaired) electrons. The summed E-state index contributed by atoms with van der Waals surface area (Å²) in [6.07, 6.45) is 5.53. The van der Waals surface area contributed by atoms with E-state index in [1.165, 1.54) is 12.8 Å². The molecule has 0 aliphatic heterocycles. The number of unbranched alkanes of at least 4 members (excludes halogenated alkanes) is 4. The average Bonchev–Trinajstić information content (AvgIpc) is 2.89.